The van der Waals surface area contributed by atoms with Gasteiger partial charge in [0.25, 0.3) is 5.91 Å². The van der Waals surface area contributed by atoms with Crippen molar-refractivity contribution in [1.29, 1.82) is 0 Å². The summed E-state index contributed by atoms with van der Waals surface area (Å²) in [5, 5.41) is 7.57. The molecule has 8 nitrogen and oxygen atoms in total. The van der Waals surface area contributed by atoms with Gasteiger partial charge in [-0.3, -0.25) is 9.69 Å². The molecule has 0 spiro atoms. The summed E-state index contributed by atoms with van der Waals surface area (Å²) < 4.78 is 10.0. The highest BCUT2D eigenvalue weighted by Crippen LogP contribution is 2.33. The van der Waals surface area contributed by atoms with Crippen LogP contribution in [0.25, 0.3) is 11.0 Å². The SMILES string of the molecule is O=C(c1ccc2nonc2c1)N1CCC(N2C(=O)OCC2c2ccccc2)CC1. The third-order valence-electron chi connectivity index (χ3n) is 5.74. The van der Waals surface area contributed by atoms with E-state index in [9.17, 15) is 9.59 Å². The lowest BCUT2D eigenvalue weighted by atomic mass is 9.98. The predicted molar refractivity (Wildman–Crippen MR) is 103 cm³/mol. The van der Waals surface area contributed by atoms with Crippen LogP contribution in [-0.4, -0.2) is 57.9 Å². The Morgan fingerprint density at radius 2 is 1.76 bits per heavy atom. The first-order chi connectivity index (χ1) is 14.2. The quantitative estimate of drug-likeness (QED) is 0.681. The Labute approximate surface area is 167 Å². The van der Waals surface area contributed by atoms with Crippen LogP contribution in [0.1, 0.15) is 34.8 Å². The van der Waals surface area contributed by atoms with Crippen molar-refractivity contribution in [3.8, 4) is 0 Å². The molecule has 1 unspecified atom stereocenters. The van der Waals surface area contributed by atoms with Crippen molar-refractivity contribution in [3.63, 3.8) is 0 Å². The molecule has 5 rings (SSSR count). The van der Waals surface area contributed by atoms with Crippen molar-refractivity contribution in [3.05, 3.63) is 59.7 Å². The summed E-state index contributed by atoms with van der Waals surface area (Å²) in [6.07, 6.45) is 1.17. The first kappa shape index (κ1) is 17.7. The van der Waals surface area contributed by atoms with E-state index in [1.165, 1.54) is 0 Å². The van der Waals surface area contributed by atoms with Gasteiger partial charge < -0.3 is 9.64 Å². The molecule has 2 aliphatic rings. The van der Waals surface area contributed by atoms with Gasteiger partial charge in [-0.2, -0.15) is 0 Å². The number of fused-ring (bicyclic) bond motifs is 1. The van der Waals surface area contributed by atoms with Crippen molar-refractivity contribution in [2.45, 2.75) is 24.9 Å². The fourth-order valence-electron chi connectivity index (χ4n) is 4.21. The number of carbonyl (C=O) groups excluding carboxylic acids is 2. The number of piperidine rings is 1. The molecule has 0 saturated carbocycles. The highest BCUT2D eigenvalue weighted by molar-refractivity contribution is 5.97. The maximum absolute atomic E-state index is 12.9. The first-order valence-corrected chi connectivity index (χ1v) is 9.72. The van der Waals surface area contributed by atoms with E-state index in [-0.39, 0.29) is 24.1 Å². The van der Waals surface area contributed by atoms with Crippen molar-refractivity contribution in [2.24, 2.45) is 0 Å². The molecule has 3 heterocycles. The van der Waals surface area contributed by atoms with Crippen LogP contribution >= 0.6 is 0 Å². The van der Waals surface area contributed by atoms with Crippen LogP contribution in [0, 0.1) is 0 Å². The maximum Gasteiger partial charge on any atom is 0.410 e. The second-order valence-electron chi connectivity index (χ2n) is 7.40. The highest BCUT2D eigenvalue weighted by atomic mass is 16.6. The summed E-state index contributed by atoms with van der Waals surface area (Å²) in [5.74, 6) is -0.0445. The normalized spacial score (nSPS) is 20.3. The van der Waals surface area contributed by atoms with Crippen LogP contribution in [0.5, 0.6) is 0 Å². The number of hydrogen-bond donors (Lipinski definition) is 0. The standard InChI is InChI=1S/C21H20N4O4/c26-20(15-6-7-17-18(12-15)23-29-22-17)24-10-8-16(9-11-24)25-19(13-28-21(25)27)14-4-2-1-3-5-14/h1-7,12,16,19H,8-11,13H2. The summed E-state index contributed by atoms with van der Waals surface area (Å²) in [7, 11) is 0. The van der Waals surface area contributed by atoms with Gasteiger partial charge >= 0.3 is 6.09 Å². The topological polar surface area (TPSA) is 88.8 Å². The van der Waals surface area contributed by atoms with E-state index in [1.54, 1.807) is 18.2 Å². The van der Waals surface area contributed by atoms with Gasteiger partial charge in [0.1, 0.15) is 17.6 Å². The Balaban J connectivity index is 1.28. The Morgan fingerprint density at radius 1 is 1.00 bits per heavy atom. The zero-order valence-electron chi connectivity index (χ0n) is 15.7. The largest absolute Gasteiger partial charge is 0.447 e. The minimum atomic E-state index is -0.271. The van der Waals surface area contributed by atoms with Gasteiger partial charge in [0.2, 0.25) is 0 Å². The van der Waals surface area contributed by atoms with E-state index in [1.807, 2.05) is 40.1 Å². The lowest BCUT2D eigenvalue weighted by Crippen LogP contribution is -2.47. The monoisotopic (exact) mass is 392 g/mol. The van der Waals surface area contributed by atoms with Crippen LogP contribution < -0.4 is 0 Å². The Kier molecular flexibility index (Phi) is 4.38. The average molecular weight is 392 g/mol. The Morgan fingerprint density at radius 3 is 2.55 bits per heavy atom. The number of likely N-dealkylation sites (tertiary alicyclic amines) is 1. The number of aromatic nitrogens is 2. The Hall–Kier alpha value is -3.42. The fraction of sp³-hybridized carbons (Fsp3) is 0.333. The molecule has 2 aliphatic heterocycles. The summed E-state index contributed by atoms with van der Waals surface area (Å²) in [5.41, 5.74) is 2.83. The van der Waals surface area contributed by atoms with Gasteiger partial charge in [-0.1, -0.05) is 30.3 Å². The van der Waals surface area contributed by atoms with Crippen molar-refractivity contribution >= 4 is 23.0 Å². The third-order valence-corrected chi connectivity index (χ3v) is 5.74. The third kappa shape index (κ3) is 3.20. The molecule has 8 heteroatoms. The summed E-state index contributed by atoms with van der Waals surface area (Å²) in [6.45, 7) is 1.54. The van der Waals surface area contributed by atoms with E-state index in [0.29, 0.717) is 36.3 Å². The van der Waals surface area contributed by atoms with Crippen LogP contribution in [-0.2, 0) is 4.74 Å². The number of hydrogen-bond acceptors (Lipinski definition) is 6. The molecule has 2 saturated heterocycles. The molecular formula is C21H20N4O4. The minimum absolute atomic E-state index is 0.0445. The highest BCUT2D eigenvalue weighted by Gasteiger charge is 2.40. The predicted octanol–water partition coefficient (Wildman–Crippen LogP) is 3.02. The van der Waals surface area contributed by atoms with Gasteiger partial charge in [0.05, 0.1) is 6.04 Å². The smallest absolute Gasteiger partial charge is 0.410 e. The van der Waals surface area contributed by atoms with Crippen LogP contribution in [0.15, 0.2) is 53.2 Å². The zero-order chi connectivity index (χ0) is 19.8. The number of amides is 2. The molecule has 1 aromatic heterocycles. The molecule has 2 aromatic carbocycles. The molecule has 29 heavy (non-hydrogen) atoms. The van der Waals surface area contributed by atoms with Crippen LogP contribution in [0.2, 0.25) is 0 Å². The van der Waals surface area contributed by atoms with Gasteiger partial charge in [0.15, 0.2) is 0 Å². The van der Waals surface area contributed by atoms with E-state index in [4.69, 9.17) is 9.37 Å². The van der Waals surface area contributed by atoms with Gasteiger partial charge in [-0.15, -0.1) is 0 Å². The summed E-state index contributed by atoms with van der Waals surface area (Å²) in [6, 6.07) is 15.1. The van der Waals surface area contributed by atoms with Gasteiger partial charge in [-0.25, -0.2) is 9.42 Å². The molecule has 0 bridgehead atoms. The molecule has 148 valence electrons. The number of cyclic esters (lactones) is 1. The van der Waals surface area contributed by atoms with Crippen LogP contribution in [0.3, 0.4) is 0 Å². The van der Waals surface area contributed by atoms with E-state index >= 15 is 0 Å². The molecule has 0 radical (unpaired) electrons. The molecule has 3 aromatic rings. The number of carbonyl (C=O) groups is 2. The van der Waals surface area contributed by atoms with E-state index < -0.39 is 0 Å². The van der Waals surface area contributed by atoms with Crippen molar-refractivity contribution in [1.82, 2.24) is 20.1 Å². The Bertz CT molecular complexity index is 1040. The number of nitrogens with zero attached hydrogens (tertiary/aromatic N) is 4. The van der Waals surface area contributed by atoms with Gasteiger partial charge in [-0.05, 0) is 46.9 Å². The second-order valence-corrected chi connectivity index (χ2v) is 7.40. The van der Waals surface area contributed by atoms with E-state index in [2.05, 4.69) is 10.3 Å². The van der Waals surface area contributed by atoms with Crippen LogP contribution in [0.4, 0.5) is 4.79 Å². The summed E-state index contributed by atoms with van der Waals surface area (Å²) in [4.78, 5) is 29.0. The molecule has 2 amide bonds. The van der Waals surface area contributed by atoms with Gasteiger partial charge in [0, 0.05) is 24.7 Å². The fourth-order valence-corrected chi connectivity index (χ4v) is 4.21. The van der Waals surface area contributed by atoms with Crippen molar-refractivity contribution < 1.29 is 19.0 Å². The molecular weight excluding hydrogens is 372 g/mol. The molecule has 2 fully saturated rings. The average Bonchev–Trinajstić information content (AvgIpc) is 3.40. The second kappa shape index (κ2) is 7.20. The lowest BCUT2D eigenvalue weighted by molar-refractivity contribution is 0.0636. The maximum atomic E-state index is 12.9. The molecule has 1 atom stereocenters. The molecule has 0 N–H and O–H groups in total. The lowest BCUT2D eigenvalue weighted by Gasteiger charge is -2.38. The number of rotatable bonds is 3. The minimum Gasteiger partial charge on any atom is -0.447 e. The van der Waals surface area contributed by atoms with Crippen molar-refractivity contribution in [2.75, 3.05) is 19.7 Å². The number of benzene rings is 2. The zero-order valence-corrected chi connectivity index (χ0v) is 15.7. The van der Waals surface area contributed by atoms with E-state index in [0.717, 1.165) is 18.4 Å². The first-order valence-electron chi connectivity index (χ1n) is 9.72. The molecule has 0 aliphatic carbocycles. The summed E-state index contributed by atoms with van der Waals surface area (Å²) >= 11 is 0. The number of ether oxygens (including phenoxy) is 1.